The van der Waals surface area contributed by atoms with Crippen LogP contribution in [0.1, 0.15) is 51.7 Å². The van der Waals surface area contributed by atoms with Crippen LogP contribution < -0.4 is 0 Å². The van der Waals surface area contributed by atoms with E-state index in [0.717, 1.165) is 50.7 Å². The van der Waals surface area contributed by atoms with Gasteiger partial charge in [-0.15, -0.1) is 0 Å². The van der Waals surface area contributed by atoms with Crippen molar-refractivity contribution >= 4 is 10.9 Å². The molecule has 0 spiro atoms. The molecule has 0 radical (unpaired) electrons. The molecule has 2 heterocycles. The van der Waals surface area contributed by atoms with Gasteiger partial charge in [0.05, 0.1) is 5.52 Å². The van der Waals surface area contributed by atoms with E-state index in [4.69, 9.17) is 15.0 Å². The molecule has 5 aromatic carbocycles. The third-order valence-corrected chi connectivity index (χ3v) is 10.1. The van der Waals surface area contributed by atoms with Gasteiger partial charge in [-0.05, 0) is 63.6 Å². The zero-order chi connectivity index (χ0) is 32.9. The average molecular weight is 623 g/mol. The van der Waals surface area contributed by atoms with Crippen LogP contribution in [-0.2, 0) is 10.8 Å². The second kappa shape index (κ2) is 11.6. The molecular formula is C44H38N4. The molecule has 8 rings (SSSR count). The van der Waals surface area contributed by atoms with E-state index in [9.17, 15) is 0 Å². The fraction of sp³-hybridized carbons (Fsp3) is 0.182. The monoisotopic (exact) mass is 622 g/mol. The molecule has 7 aromatic rings. The van der Waals surface area contributed by atoms with Crippen molar-refractivity contribution in [1.29, 1.82) is 0 Å². The van der Waals surface area contributed by atoms with E-state index < -0.39 is 0 Å². The minimum Gasteiger partial charge on any atom is -0.256 e. The standard InChI is InChI=1S/C44H38N4/c1-43(2)25-26-44(3,4)38-28-35(23-24-37(38)43)42-47-40(33-19-15-30(16-20-33)29-10-6-5-7-11-29)46-41(48-42)34-21-17-31(18-22-34)36-14-8-12-32-13-9-27-45-39(32)36/h5-24,27-28H,25-26H2,1-4H3. The van der Waals surface area contributed by atoms with Gasteiger partial charge in [0.25, 0.3) is 0 Å². The highest BCUT2D eigenvalue weighted by Gasteiger charge is 2.37. The van der Waals surface area contributed by atoms with Crippen molar-refractivity contribution in [2.24, 2.45) is 0 Å². The van der Waals surface area contributed by atoms with Crippen LogP contribution in [0.2, 0.25) is 0 Å². The van der Waals surface area contributed by atoms with Crippen LogP contribution in [-0.4, -0.2) is 19.9 Å². The lowest BCUT2D eigenvalue weighted by atomic mass is 9.63. The van der Waals surface area contributed by atoms with Crippen molar-refractivity contribution in [3.05, 3.63) is 145 Å². The van der Waals surface area contributed by atoms with Crippen molar-refractivity contribution in [3.8, 4) is 56.4 Å². The molecule has 0 saturated carbocycles. The second-order valence-electron chi connectivity index (χ2n) is 14.2. The zero-order valence-electron chi connectivity index (χ0n) is 27.9. The van der Waals surface area contributed by atoms with E-state index in [1.807, 2.05) is 18.3 Å². The van der Waals surface area contributed by atoms with Gasteiger partial charge in [-0.2, -0.15) is 0 Å². The maximum Gasteiger partial charge on any atom is 0.164 e. The summed E-state index contributed by atoms with van der Waals surface area (Å²) in [7, 11) is 0. The quantitative estimate of drug-likeness (QED) is 0.192. The van der Waals surface area contributed by atoms with Gasteiger partial charge in [-0.1, -0.05) is 143 Å². The molecule has 4 nitrogen and oxygen atoms in total. The number of hydrogen-bond donors (Lipinski definition) is 0. The summed E-state index contributed by atoms with van der Waals surface area (Å²) >= 11 is 0. The van der Waals surface area contributed by atoms with Crippen molar-refractivity contribution in [1.82, 2.24) is 19.9 Å². The Kier molecular flexibility index (Phi) is 7.25. The van der Waals surface area contributed by atoms with Gasteiger partial charge in [0, 0.05) is 33.8 Å². The number of rotatable bonds is 5. The van der Waals surface area contributed by atoms with Gasteiger partial charge in [0.15, 0.2) is 17.5 Å². The molecule has 234 valence electrons. The van der Waals surface area contributed by atoms with Gasteiger partial charge in [-0.3, -0.25) is 4.98 Å². The van der Waals surface area contributed by atoms with Crippen LogP contribution in [0.25, 0.3) is 67.3 Å². The Morgan fingerprint density at radius 1 is 0.438 bits per heavy atom. The Morgan fingerprint density at radius 3 is 1.62 bits per heavy atom. The Morgan fingerprint density at radius 2 is 0.958 bits per heavy atom. The molecule has 48 heavy (non-hydrogen) atoms. The zero-order valence-corrected chi connectivity index (χ0v) is 27.9. The maximum atomic E-state index is 5.12. The van der Waals surface area contributed by atoms with Gasteiger partial charge in [-0.25, -0.2) is 15.0 Å². The maximum absolute atomic E-state index is 5.12. The Balaban J connectivity index is 1.24. The summed E-state index contributed by atoms with van der Waals surface area (Å²) in [5.41, 5.74) is 11.5. The second-order valence-corrected chi connectivity index (χ2v) is 14.2. The van der Waals surface area contributed by atoms with Crippen LogP contribution in [0.3, 0.4) is 0 Å². The van der Waals surface area contributed by atoms with Crippen LogP contribution in [0.4, 0.5) is 0 Å². The SMILES string of the molecule is CC1(C)CCC(C)(C)c2cc(-c3nc(-c4ccc(-c5ccccc5)cc4)nc(-c4ccc(-c5cccc6cccnc56)cc4)n3)ccc21. The number of hydrogen-bond acceptors (Lipinski definition) is 4. The summed E-state index contributed by atoms with van der Waals surface area (Å²) in [6.45, 7) is 9.43. The number of nitrogens with zero attached hydrogens (tertiary/aromatic N) is 4. The van der Waals surface area contributed by atoms with Gasteiger partial charge < -0.3 is 0 Å². The first-order valence-electron chi connectivity index (χ1n) is 16.8. The number of aromatic nitrogens is 4. The molecule has 1 aliphatic carbocycles. The van der Waals surface area contributed by atoms with E-state index >= 15 is 0 Å². The average Bonchev–Trinajstić information content (AvgIpc) is 3.13. The van der Waals surface area contributed by atoms with E-state index in [1.54, 1.807) is 0 Å². The fourth-order valence-corrected chi connectivity index (χ4v) is 7.07. The molecular weight excluding hydrogens is 585 g/mol. The molecule has 0 bridgehead atoms. The van der Waals surface area contributed by atoms with Crippen LogP contribution in [0.5, 0.6) is 0 Å². The van der Waals surface area contributed by atoms with Crippen molar-refractivity contribution in [3.63, 3.8) is 0 Å². The summed E-state index contributed by atoms with van der Waals surface area (Å²) in [6.07, 6.45) is 4.18. The van der Waals surface area contributed by atoms with Crippen LogP contribution in [0.15, 0.2) is 134 Å². The molecule has 2 aromatic heterocycles. The lowest BCUT2D eigenvalue weighted by Crippen LogP contribution is -2.33. The number of pyridine rings is 1. The van der Waals surface area contributed by atoms with Gasteiger partial charge >= 0.3 is 0 Å². The molecule has 0 aliphatic heterocycles. The summed E-state index contributed by atoms with van der Waals surface area (Å²) in [6, 6.07) is 44.7. The Bertz CT molecular complexity index is 2260. The summed E-state index contributed by atoms with van der Waals surface area (Å²) in [4.78, 5) is 19.9. The molecule has 0 fully saturated rings. The van der Waals surface area contributed by atoms with Gasteiger partial charge in [0.1, 0.15) is 0 Å². The molecule has 0 atom stereocenters. The highest BCUT2D eigenvalue weighted by Crippen LogP contribution is 2.46. The number of para-hydroxylation sites is 1. The fourth-order valence-electron chi connectivity index (χ4n) is 7.07. The summed E-state index contributed by atoms with van der Waals surface area (Å²) in [5.74, 6) is 2.00. The van der Waals surface area contributed by atoms with Crippen molar-refractivity contribution < 1.29 is 0 Å². The van der Waals surface area contributed by atoms with E-state index in [2.05, 4.69) is 148 Å². The summed E-state index contributed by atoms with van der Waals surface area (Å²) in [5, 5.41) is 1.13. The molecule has 0 N–H and O–H groups in total. The third kappa shape index (κ3) is 5.47. The lowest BCUT2D eigenvalue weighted by Gasteiger charge is -2.42. The molecule has 4 heteroatoms. The smallest absolute Gasteiger partial charge is 0.164 e. The predicted molar refractivity (Wildman–Crippen MR) is 198 cm³/mol. The lowest BCUT2D eigenvalue weighted by molar-refractivity contribution is 0.332. The Hall–Kier alpha value is -5.48. The largest absolute Gasteiger partial charge is 0.256 e. The van der Waals surface area contributed by atoms with Crippen LogP contribution >= 0.6 is 0 Å². The molecule has 1 aliphatic rings. The molecule has 0 unspecified atom stereocenters. The third-order valence-electron chi connectivity index (χ3n) is 10.1. The Labute approximate surface area is 282 Å². The highest BCUT2D eigenvalue weighted by molar-refractivity contribution is 5.93. The first-order chi connectivity index (χ1) is 23.2. The topological polar surface area (TPSA) is 51.6 Å². The molecule has 0 amide bonds. The number of benzene rings is 5. The molecule has 0 saturated heterocycles. The van der Waals surface area contributed by atoms with Crippen LogP contribution in [0, 0.1) is 0 Å². The van der Waals surface area contributed by atoms with E-state index in [-0.39, 0.29) is 10.8 Å². The number of fused-ring (bicyclic) bond motifs is 2. The summed E-state index contributed by atoms with van der Waals surface area (Å²) < 4.78 is 0. The van der Waals surface area contributed by atoms with Gasteiger partial charge in [0.2, 0.25) is 0 Å². The minimum absolute atomic E-state index is 0.0825. The van der Waals surface area contributed by atoms with E-state index in [0.29, 0.717) is 17.5 Å². The predicted octanol–water partition coefficient (Wildman–Crippen LogP) is 11.1. The van der Waals surface area contributed by atoms with E-state index in [1.165, 1.54) is 23.1 Å². The van der Waals surface area contributed by atoms with Crippen molar-refractivity contribution in [2.45, 2.75) is 51.4 Å². The minimum atomic E-state index is 0.0825. The highest BCUT2D eigenvalue weighted by atomic mass is 15.0. The first-order valence-corrected chi connectivity index (χ1v) is 16.8. The first kappa shape index (κ1) is 29.9. The normalized spacial score (nSPS) is 14.8. The van der Waals surface area contributed by atoms with Crippen molar-refractivity contribution in [2.75, 3.05) is 0 Å².